The smallest absolute Gasteiger partial charge is 0.0998 e. The monoisotopic (exact) mass is 441 g/mol. The van der Waals surface area contributed by atoms with Gasteiger partial charge in [0.2, 0.25) is 0 Å². The standard InChI is InChI=1S/C31H39NO/c1-7-17-31(6,11-5)23-33-18-16-28-13-12-24(19-26(28)9-3)20-30(22-32)29-15-14-25(8-2)27(10-4)21-29/h7,9,12-15,19-21H,1,3,8,10-11,16-18,23H2,2,4-6H3/b30-20+. The molecule has 0 radical (unpaired) electrons. The Morgan fingerprint density at radius 2 is 1.76 bits per heavy atom. The molecule has 2 aromatic rings. The number of nitrogens with zero attached hydrogens (tertiary/aromatic N) is 1. The minimum atomic E-state index is 0.151. The third kappa shape index (κ3) is 7.31. The molecule has 0 spiro atoms. The highest BCUT2D eigenvalue weighted by Gasteiger charge is 2.20. The summed E-state index contributed by atoms with van der Waals surface area (Å²) in [6.45, 7) is 18.1. The van der Waals surface area contributed by atoms with E-state index in [1.54, 1.807) is 0 Å². The number of rotatable bonds is 13. The SMILES string of the molecule is C=CCC(C)(CC)COCCc1ccc(/C=C(\C#N)c2ccc(CC)c(CC)c2)cc1C=C. The van der Waals surface area contributed by atoms with E-state index in [1.807, 2.05) is 18.2 Å². The van der Waals surface area contributed by atoms with Crippen LogP contribution >= 0.6 is 0 Å². The molecule has 2 nitrogen and oxygen atoms in total. The van der Waals surface area contributed by atoms with Crippen LogP contribution in [0.2, 0.25) is 0 Å². The van der Waals surface area contributed by atoms with Gasteiger partial charge >= 0.3 is 0 Å². The molecule has 2 heteroatoms. The quantitative estimate of drug-likeness (QED) is 0.136. The molecule has 0 aromatic heterocycles. The van der Waals surface area contributed by atoms with E-state index in [0.29, 0.717) is 12.2 Å². The summed E-state index contributed by atoms with van der Waals surface area (Å²) in [4.78, 5) is 0. The molecule has 0 N–H and O–H groups in total. The van der Waals surface area contributed by atoms with Gasteiger partial charge in [0, 0.05) is 0 Å². The van der Waals surface area contributed by atoms with E-state index in [2.05, 4.69) is 83.3 Å². The van der Waals surface area contributed by atoms with E-state index < -0.39 is 0 Å². The van der Waals surface area contributed by atoms with Gasteiger partial charge in [-0.1, -0.05) is 76.8 Å². The maximum Gasteiger partial charge on any atom is 0.0998 e. The second-order valence-corrected chi connectivity index (χ2v) is 8.98. The van der Waals surface area contributed by atoms with Crippen molar-refractivity contribution in [2.24, 2.45) is 5.41 Å². The second-order valence-electron chi connectivity index (χ2n) is 8.98. The molecular weight excluding hydrogens is 402 g/mol. The van der Waals surface area contributed by atoms with Crippen LogP contribution in [0.25, 0.3) is 17.7 Å². The molecule has 1 atom stereocenters. The highest BCUT2D eigenvalue weighted by Crippen LogP contribution is 2.27. The maximum absolute atomic E-state index is 9.82. The van der Waals surface area contributed by atoms with Crippen molar-refractivity contribution in [3.05, 3.63) is 89.0 Å². The molecule has 0 heterocycles. The van der Waals surface area contributed by atoms with Crippen LogP contribution in [-0.4, -0.2) is 13.2 Å². The van der Waals surface area contributed by atoms with Crippen molar-refractivity contribution >= 4 is 17.7 Å². The van der Waals surface area contributed by atoms with E-state index in [4.69, 9.17) is 4.74 Å². The molecule has 0 aliphatic heterocycles. The van der Waals surface area contributed by atoms with Crippen molar-refractivity contribution in [3.8, 4) is 6.07 Å². The van der Waals surface area contributed by atoms with E-state index in [1.165, 1.54) is 16.7 Å². The van der Waals surface area contributed by atoms with E-state index in [-0.39, 0.29) is 5.41 Å². The molecule has 0 aliphatic rings. The molecule has 0 saturated carbocycles. The summed E-state index contributed by atoms with van der Waals surface area (Å²) in [6, 6.07) is 15.1. The van der Waals surface area contributed by atoms with Crippen molar-refractivity contribution in [3.63, 3.8) is 0 Å². The molecule has 0 bridgehead atoms. The van der Waals surface area contributed by atoms with Crippen molar-refractivity contribution < 1.29 is 4.74 Å². The molecule has 174 valence electrons. The van der Waals surface area contributed by atoms with Crippen molar-refractivity contribution in [1.29, 1.82) is 5.26 Å². The third-order valence-corrected chi connectivity index (χ3v) is 6.56. The summed E-state index contributed by atoms with van der Waals surface area (Å²) in [5.74, 6) is 0. The van der Waals surface area contributed by atoms with E-state index >= 15 is 0 Å². The predicted molar refractivity (Wildman–Crippen MR) is 143 cm³/mol. The van der Waals surface area contributed by atoms with Crippen LogP contribution in [0.4, 0.5) is 0 Å². The second kappa shape index (κ2) is 13.0. The highest BCUT2D eigenvalue weighted by atomic mass is 16.5. The van der Waals surface area contributed by atoms with Gasteiger partial charge in [-0.3, -0.25) is 0 Å². The zero-order chi connectivity index (χ0) is 24.3. The molecular formula is C31H39NO. The maximum atomic E-state index is 9.82. The lowest BCUT2D eigenvalue weighted by molar-refractivity contribution is 0.0538. The Morgan fingerprint density at radius 3 is 2.36 bits per heavy atom. The fourth-order valence-electron chi connectivity index (χ4n) is 4.09. The number of aryl methyl sites for hydroxylation is 2. The normalized spacial score (nSPS) is 13.2. The molecule has 2 rings (SSSR count). The zero-order valence-corrected chi connectivity index (χ0v) is 20.9. The molecule has 0 aliphatic carbocycles. The van der Waals surface area contributed by atoms with E-state index in [0.717, 1.165) is 55.4 Å². The molecule has 0 saturated heterocycles. The first kappa shape index (κ1) is 26.4. The van der Waals surface area contributed by atoms with Crippen LogP contribution in [-0.2, 0) is 24.0 Å². The summed E-state index contributed by atoms with van der Waals surface area (Å²) in [7, 11) is 0. The van der Waals surface area contributed by atoms with Crippen molar-refractivity contribution in [1.82, 2.24) is 0 Å². The predicted octanol–water partition coefficient (Wildman–Crippen LogP) is 8.07. The summed E-state index contributed by atoms with van der Waals surface area (Å²) >= 11 is 0. The van der Waals surface area contributed by atoms with Crippen LogP contribution < -0.4 is 0 Å². The van der Waals surface area contributed by atoms with Crippen LogP contribution in [0.15, 0.2) is 55.6 Å². The molecule has 33 heavy (non-hydrogen) atoms. The van der Waals surface area contributed by atoms with Crippen LogP contribution in [0.3, 0.4) is 0 Å². The minimum Gasteiger partial charge on any atom is -0.381 e. The molecule has 1 unspecified atom stereocenters. The number of allylic oxidation sites excluding steroid dienone is 2. The number of ether oxygens (including phenoxy) is 1. The van der Waals surface area contributed by atoms with Gasteiger partial charge in [-0.25, -0.2) is 0 Å². The Morgan fingerprint density at radius 1 is 1.03 bits per heavy atom. The zero-order valence-electron chi connectivity index (χ0n) is 20.9. The Bertz CT molecular complexity index is 1020. The number of benzene rings is 2. The first-order valence-electron chi connectivity index (χ1n) is 12.1. The fraction of sp³-hybridized carbons (Fsp3) is 0.387. The first-order chi connectivity index (χ1) is 15.9. The topological polar surface area (TPSA) is 33.0 Å². The number of hydrogen-bond acceptors (Lipinski definition) is 2. The third-order valence-electron chi connectivity index (χ3n) is 6.56. The lowest BCUT2D eigenvalue weighted by Gasteiger charge is -2.26. The van der Waals surface area contributed by atoms with Gasteiger partial charge < -0.3 is 4.74 Å². The van der Waals surface area contributed by atoms with Gasteiger partial charge in [0.1, 0.15) is 0 Å². The number of nitriles is 1. The Kier molecular flexibility index (Phi) is 10.4. The Labute approximate surface area is 201 Å². The average molecular weight is 442 g/mol. The van der Waals surface area contributed by atoms with Crippen LogP contribution in [0.1, 0.15) is 73.9 Å². The van der Waals surface area contributed by atoms with Crippen molar-refractivity contribution in [2.75, 3.05) is 13.2 Å². The molecule has 2 aromatic carbocycles. The van der Waals surface area contributed by atoms with Crippen LogP contribution in [0, 0.1) is 16.7 Å². The summed E-state index contributed by atoms with van der Waals surface area (Å²) in [5.41, 5.74) is 7.77. The lowest BCUT2D eigenvalue weighted by Crippen LogP contribution is -2.22. The van der Waals surface area contributed by atoms with Gasteiger partial charge in [0.15, 0.2) is 0 Å². The largest absolute Gasteiger partial charge is 0.381 e. The summed E-state index contributed by atoms with van der Waals surface area (Å²) in [5, 5.41) is 9.82. The molecule has 0 amide bonds. The Balaban J connectivity index is 2.16. The van der Waals surface area contributed by atoms with Crippen molar-refractivity contribution in [2.45, 2.75) is 59.8 Å². The fourth-order valence-corrected chi connectivity index (χ4v) is 4.09. The highest BCUT2D eigenvalue weighted by molar-refractivity contribution is 5.90. The summed E-state index contributed by atoms with van der Waals surface area (Å²) < 4.78 is 6.02. The summed E-state index contributed by atoms with van der Waals surface area (Å²) in [6.07, 6.45) is 10.7. The Hall–Kier alpha value is -2.89. The van der Waals surface area contributed by atoms with Gasteiger partial charge in [0.25, 0.3) is 0 Å². The lowest BCUT2D eigenvalue weighted by atomic mass is 9.85. The molecule has 0 fully saturated rings. The average Bonchev–Trinajstić information content (AvgIpc) is 2.85. The van der Waals surface area contributed by atoms with Crippen LogP contribution in [0.5, 0.6) is 0 Å². The first-order valence-corrected chi connectivity index (χ1v) is 12.1. The van der Waals surface area contributed by atoms with Gasteiger partial charge in [-0.2, -0.15) is 5.26 Å². The van der Waals surface area contributed by atoms with Gasteiger partial charge in [-0.15, -0.1) is 6.58 Å². The van der Waals surface area contributed by atoms with Gasteiger partial charge in [0.05, 0.1) is 24.9 Å². The number of hydrogen-bond donors (Lipinski definition) is 0. The minimum absolute atomic E-state index is 0.151. The van der Waals surface area contributed by atoms with E-state index in [9.17, 15) is 5.26 Å². The van der Waals surface area contributed by atoms with Gasteiger partial charge in [-0.05, 0) is 83.0 Å².